The average molecular weight is 527 g/mol. The Morgan fingerprint density at radius 1 is 1.16 bits per heavy atom. The summed E-state index contributed by atoms with van der Waals surface area (Å²) in [5, 5.41) is 21.6. The Balaban J connectivity index is 1.78. The number of carboxylic acids is 1. The molecule has 1 aliphatic heterocycles. The third kappa shape index (κ3) is 4.82. The van der Waals surface area contributed by atoms with E-state index in [0.717, 1.165) is 17.2 Å². The molecule has 192 valence electrons. The molecule has 0 aliphatic carbocycles. The molecule has 37 heavy (non-hydrogen) atoms. The zero-order valence-corrected chi connectivity index (χ0v) is 21.0. The van der Waals surface area contributed by atoms with E-state index in [4.69, 9.17) is 11.6 Å². The Hall–Kier alpha value is -4.12. The van der Waals surface area contributed by atoms with Crippen LogP contribution < -0.4 is 15.5 Å². The highest BCUT2D eigenvalue weighted by Crippen LogP contribution is 2.42. The fourth-order valence-corrected chi connectivity index (χ4v) is 4.65. The second kappa shape index (κ2) is 10.1. The van der Waals surface area contributed by atoms with Crippen LogP contribution in [0.4, 0.5) is 15.8 Å². The molecule has 0 atom stereocenters. The van der Waals surface area contributed by atoms with Crippen LogP contribution in [0.2, 0.25) is 5.15 Å². The molecule has 3 N–H and O–H groups in total. The smallest absolute Gasteiger partial charge is 0.358 e. The van der Waals surface area contributed by atoms with Crippen molar-refractivity contribution in [2.45, 2.75) is 25.2 Å². The molecule has 10 nitrogen and oxygen atoms in total. The van der Waals surface area contributed by atoms with E-state index < -0.39 is 34.8 Å². The predicted molar refractivity (Wildman–Crippen MR) is 135 cm³/mol. The Kier molecular flexibility index (Phi) is 7.08. The van der Waals surface area contributed by atoms with E-state index in [0.29, 0.717) is 0 Å². The maximum Gasteiger partial charge on any atom is 0.358 e. The van der Waals surface area contributed by atoms with Crippen LogP contribution >= 0.6 is 11.6 Å². The van der Waals surface area contributed by atoms with Gasteiger partial charge in [-0.3, -0.25) is 9.59 Å². The van der Waals surface area contributed by atoms with Crippen LogP contribution in [-0.4, -0.2) is 58.2 Å². The van der Waals surface area contributed by atoms with Gasteiger partial charge in [0.25, 0.3) is 5.91 Å². The van der Waals surface area contributed by atoms with Crippen LogP contribution in [0.25, 0.3) is 0 Å². The average Bonchev–Trinajstić information content (AvgIpc) is 2.84. The highest BCUT2D eigenvalue weighted by atomic mass is 35.5. The SMILES string of the molecule is CNC(=O)c1cc(Cl)ncc1NC(=O)C1(c2ccccc2C(C)C)CN(c2cc(F)nnc2C(=O)O)C1. The number of hydrogen-bond acceptors (Lipinski definition) is 7. The summed E-state index contributed by atoms with van der Waals surface area (Å²) in [5.41, 5.74) is 0.401. The lowest BCUT2D eigenvalue weighted by atomic mass is 9.69. The van der Waals surface area contributed by atoms with Crippen LogP contribution in [0.5, 0.6) is 0 Å². The van der Waals surface area contributed by atoms with E-state index in [1.165, 1.54) is 19.3 Å². The number of benzene rings is 1. The largest absolute Gasteiger partial charge is 0.476 e. The molecule has 1 saturated heterocycles. The summed E-state index contributed by atoms with van der Waals surface area (Å²) >= 11 is 5.97. The number of halogens is 2. The number of pyridine rings is 1. The molecule has 0 saturated carbocycles. The first kappa shape index (κ1) is 26.0. The molecule has 1 aromatic carbocycles. The minimum absolute atomic E-state index is 0.0182. The number of aromatic nitrogens is 3. The molecular formula is C25H24ClFN6O4. The summed E-state index contributed by atoms with van der Waals surface area (Å²) in [7, 11) is 1.45. The Morgan fingerprint density at radius 2 is 1.86 bits per heavy atom. The number of aromatic carboxylic acids is 1. The van der Waals surface area contributed by atoms with Crippen LogP contribution in [-0.2, 0) is 10.2 Å². The predicted octanol–water partition coefficient (Wildman–Crippen LogP) is 3.24. The second-order valence-corrected chi connectivity index (χ2v) is 9.36. The normalized spacial score (nSPS) is 14.2. The summed E-state index contributed by atoms with van der Waals surface area (Å²) < 4.78 is 13.9. The lowest BCUT2D eigenvalue weighted by Crippen LogP contribution is -2.66. The van der Waals surface area contributed by atoms with Crippen LogP contribution in [0.15, 0.2) is 42.6 Å². The van der Waals surface area contributed by atoms with Crippen molar-refractivity contribution in [2.24, 2.45) is 0 Å². The van der Waals surface area contributed by atoms with E-state index in [9.17, 15) is 23.9 Å². The minimum atomic E-state index is -1.37. The molecule has 4 rings (SSSR count). The van der Waals surface area contributed by atoms with Gasteiger partial charge in [0.05, 0.1) is 23.1 Å². The lowest BCUT2D eigenvalue weighted by Gasteiger charge is -2.51. The third-order valence-corrected chi connectivity index (χ3v) is 6.54. The Morgan fingerprint density at radius 3 is 2.51 bits per heavy atom. The van der Waals surface area contributed by atoms with Gasteiger partial charge in [-0.15, -0.1) is 10.2 Å². The summed E-state index contributed by atoms with van der Waals surface area (Å²) in [4.78, 5) is 43.6. The second-order valence-electron chi connectivity index (χ2n) is 8.97. The van der Waals surface area contributed by atoms with Gasteiger partial charge in [0, 0.05) is 26.2 Å². The molecule has 1 fully saturated rings. The first-order chi connectivity index (χ1) is 17.6. The van der Waals surface area contributed by atoms with E-state index in [1.54, 1.807) is 4.90 Å². The molecule has 12 heteroatoms. The van der Waals surface area contributed by atoms with E-state index in [-0.39, 0.29) is 41.1 Å². The van der Waals surface area contributed by atoms with E-state index in [1.807, 2.05) is 38.1 Å². The first-order valence-corrected chi connectivity index (χ1v) is 11.7. The van der Waals surface area contributed by atoms with E-state index >= 15 is 0 Å². The van der Waals surface area contributed by atoms with Crippen molar-refractivity contribution in [1.82, 2.24) is 20.5 Å². The van der Waals surface area contributed by atoms with Crippen LogP contribution in [0, 0.1) is 5.95 Å². The highest BCUT2D eigenvalue weighted by Gasteiger charge is 2.53. The van der Waals surface area contributed by atoms with Crippen molar-refractivity contribution in [2.75, 3.05) is 30.4 Å². The number of carboxylic acid groups (broad SMARTS) is 1. The van der Waals surface area contributed by atoms with Crippen molar-refractivity contribution < 1.29 is 23.9 Å². The van der Waals surface area contributed by atoms with Crippen LogP contribution in [0.3, 0.4) is 0 Å². The molecular weight excluding hydrogens is 503 g/mol. The number of nitrogens with zero attached hydrogens (tertiary/aromatic N) is 4. The first-order valence-electron chi connectivity index (χ1n) is 11.4. The van der Waals surface area contributed by atoms with Gasteiger partial charge in [0.15, 0.2) is 5.69 Å². The lowest BCUT2D eigenvalue weighted by molar-refractivity contribution is -0.122. The van der Waals surface area contributed by atoms with Gasteiger partial charge in [-0.2, -0.15) is 4.39 Å². The van der Waals surface area contributed by atoms with Gasteiger partial charge >= 0.3 is 5.97 Å². The van der Waals surface area contributed by atoms with Gasteiger partial charge < -0.3 is 20.6 Å². The van der Waals surface area contributed by atoms with Crippen LogP contribution in [0.1, 0.15) is 51.7 Å². The number of amides is 2. The molecule has 0 spiro atoms. The molecule has 0 unspecified atom stereocenters. The Bertz CT molecular complexity index is 1390. The van der Waals surface area contributed by atoms with Gasteiger partial charge in [0.2, 0.25) is 11.9 Å². The van der Waals surface area contributed by atoms with Crippen molar-refractivity contribution in [3.63, 3.8) is 0 Å². The minimum Gasteiger partial charge on any atom is -0.476 e. The third-order valence-electron chi connectivity index (χ3n) is 6.33. The van der Waals surface area contributed by atoms with Gasteiger partial charge in [0.1, 0.15) is 10.6 Å². The number of carbonyl (C=O) groups excluding carboxylic acids is 2. The summed E-state index contributed by atoms with van der Waals surface area (Å²) in [6.07, 6.45) is 1.30. The zero-order chi connectivity index (χ0) is 26.9. The molecule has 2 aromatic heterocycles. The standard InChI is InChI=1S/C25H24ClFN6O4/c1-13(2)14-6-4-5-7-16(14)25(11-33(12-25)18-9-20(27)31-32-21(18)23(35)36)24(37)30-17-10-29-19(26)8-15(17)22(34)28-3/h4-10,13H,11-12H2,1-3H3,(H,28,34)(H,30,37)(H,35,36). The highest BCUT2D eigenvalue weighted by molar-refractivity contribution is 6.30. The Labute approximate surface area is 216 Å². The molecule has 3 heterocycles. The zero-order valence-electron chi connectivity index (χ0n) is 20.2. The fourth-order valence-electron chi connectivity index (χ4n) is 4.49. The maximum atomic E-state index is 14.0. The number of anilines is 2. The number of nitrogens with one attached hydrogen (secondary N) is 2. The monoisotopic (exact) mass is 526 g/mol. The number of carbonyl (C=O) groups is 3. The summed E-state index contributed by atoms with van der Waals surface area (Å²) in [5.74, 6) is -3.13. The van der Waals surface area contributed by atoms with Crippen molar-refractivity contribution >= 4 is 40.8 Å². The van der Waals surface area contributed by atoms with Gasteiger partial charge in [-0.25, -0.2) is 9.78 Å². The van der Waals surface area contributed by atoms with Gasteiger partial charge in [-0.05, 0) is 23.1 Å². The van der Waals surface area contributed by atoms with Crippen molar-refractivity contribution in [3.8, 4) is 0 Å². The topological polar surface area (TPSA) is 137 Å². The molecule has 3 aromatic rings. The number of rotatable bonds is 7. The van der Waals surface area contributed by atoms with Crippen molar-refractivity contribution in [1.29, 1.82) is 0 Å². The molecule has 0 bridgehead atoms. The fraction of sp³-hybridized carbons (Fsp3) is 0.280. The maximum absolute atomic E-state index is 14.0. The van der Waals surface area contributed by atoms with E-state index in [2.05, 4.69) is 25.8 Å². The summed E-state index contributed by atoms with van der Waals surface area (Å²) in [6.45, 7) is 4.06. The molecule has 1 aliphatic rings. The quantitative estimate of drug-likeness (QED) is 0.399. The molecule has 2 amide bonds. The van der Waals surface area contributed by atoms with Gasteiger partial charge in [-0.1, -0.05) is 49.7 Å². The summed E-state index contributed by atoms with van der Waals surface area (Å²) in [6, 6.07) is 9.79. The molecule has 0 radical (unpaired) electrons. The number of hydrogen-bond donors (Lipinski definition) is 3. The van der Waals surface area contributed by atoms with Crippen molar-refractivity contribution in [3.05, 3.63) is 76.1 Å².